The number of anilines is 1. The molecule has 0 atom stereocenters. The number of H-pyrrole nitrogens is 1. The van der Waals surface area contributed by atoms with E-state index >= 15 is 0 Å². The van der Waals surface area contributed by atoms with E-state index in [1.165, 1.54) is 19.2 Å². The van der Waals surface area contributed by atoms with E-state index in [1.807, 2.05) is 0 Å². The number of nitrogens with one attached hydrogen (secondary N) is 2. The molecule has 0 fully saturated rings. The number of ether oxygens (including phenoxy) is 1. The summed E-state index contributed by atoms with van der Waals surface area (Å²) >= 11 is 0. The van der Waals surface area contributed by atoms with Gasteiger partial charge in [-0.1, -0.05) is 12.1 Å². The molecule has 2 N–H and O–H groups in total. The van der Waals surface area contributed by atoms with Gasteiger partial charge in [-0.15, -0.1) is 10.2 Å². The summed E-state index contributed by atoms with van der Waals surface area (Å²) in [5.41, 5.74) is 2.60. The topological polar surface area (TPSA) is 92.3 Å². The molecule has 7 nitrogen and oxygen atoms in total. The number of aromatic nitrogens is 3. The number of alkyl halides is 2. The molecule has 0 saturated heterocycles. The van der Waals surface area contributed by atoms with Crippen LogP contribution in [-0.2, 0) is 0 Å². The number of halogens is 2. The van der Waals surface area contributed by atoms with Crippen molar-refractivity contribution in [3.63, 3.8) is 0 Å². The van der Waals surface area contributed by atoms with Crippen LogP contribution in [0.15, 0.2) is 34.2 Å². The van der Waals surface area contributed by atoms with E-state index in [4.69, 9.17) is 0 Å². The highest BCUT2D eigenvalue weighted by Gasteiger charge is 2.07. The van der Waals surface area contributed by atoms with Gasteiger partial charge in [-0.2, -0.15) is 13.9 Å². The Morgan fingerprint density at radius 1 is 1.38 bits per heavy atom. The van der Waals surface area contributed by atoms with Gasteiger partial charge in [0.2, 0.25) is 5.95 Å². The lowest BCUT2D eigenvalue weighted by Gasteiger charge is -2.06. The highest BCUT2D eigenvalue weighted by molar-refractivity contribution is 5.83. The predicted octanol–water partition coefficient (Wildman–Crippen LogP) is 1.52. The van der Waals surface area contributed by atoms with Gasteiger partial charge in [0.15, 0.2) is 0 Å². The third-order valence-electron chi connectivity index (χ3n) is 2.37. The molecule has 0 spiro atoms. The standard InChI is InChI=1S/C12H11F2N5O2/c1-7-10(20)16-12(19-17-7)18-15-6-8-4-2-3-5-9(8)21-11(13)14/h2-6,11H,1H3,(H2,16,18,19,20)/b15-6-. The first-order chi connectivity index (χ1) is 10.1. The number of aromatic amines is 1. The second kappa shape index (κ2) is 6.55. The number of hydrazone groups is 1. The number of nitrogens with zero attached hydrogens (tertiary/aromatic N) is 3. The van der Waals surface area contributed by atoms with E-state index in [0.29, 0.717) is 5.56 Å². The minimum Gasteiger partial charge on any atom is -0.434 e. The van der Waals surface area contributed by atoms with Crippen molar-refractivity contribution in [3.8, 4) is 5.75 Å². The van der Waals surface area contributed by atoms with Gasteiger partial charge in [0.1, 0.15) is 11.4 Å². The second-order valence-electron chi connectivity index (χ2n) is 3.87. The lowest BCUT2D eigenvalue weighted by atomic mass is 10.2. The molecule has 1 aromatic carbocycles. The Morgan fingerprint density at radius 2 is 2.14 bits per heavy atom. The summed E-state index contributed by atoms with van der Waals surface area (Å²) in [6, 6.07) is 6.15. The first-order valence-corrected chi connectivity index (χ1v) is 5.83. The minimum absolute atomic E-state index is 0.0125. The van der Waals surface area contributed by atoms with E-state index in [2.05, 4.69) is 30.4 Å². The number of rotatable bonds is 5. The lowest BCUT2D eigenvalue weighted by Crippen LogP contribution is -2.15. The quantitative estimate of drug-likeness (QED) is 0.644. The van der Waals surface area contributed by atoms with E-state index in [-0.39, 0.29) is 17.4 Å². The summed E-state index contributed by atoms with van der Waals surface area (Å²) in [4.78, 5) is 13.7. The normalized spacial score (nSPS) is 11.0. The van der Waals surface area contributed by atoms with Crippen molar-refractivity contribution in [1.29, 1.82) is 0 Å². The van der Waals surface area contributed by atoms with Crippen molar-refractivity contribution in [2.45, 2.75) is 13.5 Å². The minimum atomic E-state index is -2.92. The highest BCUT2D eigenvalue weighted by Crippen LogP contribution is 2.18. The Labute approximate surface area is 117 Å². The number of benzene rings is 1. The van der Waals surface area contributed by atoms with Crippen LogP contribution in [0.1, 0.15) is 11.3 Å². The Balaban J connectivity index is 2.10. The smallest absolute Gasteiger partial charge is 0.387 e. The van der Waals surface area contributed by atoms with Crippen LogP contribution in [0, 0.1) is 6.92 Å². The monoisotopic (exact) mass is 295 g/mol. The molecule has 0 bridgehead atoms. The molecule has 0 aliphatic heterocycles. The number of hydrogen-bond acceptors (Lipinski definition) is 6. The summed E-state index contributed by atoms with van der Waals surface area (Å²) in [7, 11) is 0. The van der Waals surface area contributed by atoms with Gasteiger partial charge in [0.25, 0.3) is 5.56 Å². The maximum absolute atomic E-state index is 12.2. The van der Waals surface area contributed by atoms with Gasteiger partial charge in [-0.05, 0) is 19.1 Å². The Morgan fingerprint density at radius 3 is 2.86 bits per heavy atom. The highest BCUT2D eigenvalue weighted by atomic mass is 19.3. The molecule has 0 radical (unpaired) electrons. The summed E-state index contributed by atoms with van der Waals surface area (Å²) in [6.07, 6.45) is 1.26. The van der Waals surface area contributed by atoms with E-state index < -0.39 is 12.2 Å². The molecule has 0 amide bonds. The SMILES string of the molecule is Cc1nnc(N/N=C\c2ccccc2OC(F)F)[nH]c1=O. The first-order valence-electron chi connectivity index (χ1n) is 5.83. The van der Waals surface area contributed by atoms with Crippen LogP contribution in [0.25, 0.3) is 0 Å². The van der Waals surface area contributed by atoms with Gasteiger partial charge in [-0.3, -0.25) is 9.78 Å². The molecule has 0 aliphatic carbocycles. The summed E-state index contributed by atoms with van der Waals surface area (Å²) < 4.78 is 28.8. The van der Waals surface area contributed by atoms with Gasteiger partial charge in [0.05, 0.1) is 6.21 Å². The van der Waals surface area contributed by atoms with Crippen LogP contribution < -0.4 is 15.7 Å². The van der Waals surface area contributed by atoms with Gasteiger partial charge in [-0.25, -0.2) is 5.43 Å². The van der Waals surface area contributed by atoms with Crippen LogP contribution in [-0.4, -0.2) is 28.0 Å². The fraction of sp³-hybridized carbons (Fsp3) is 0.167. The second-order valence-corrected chi connectivity index (χ2v) is 3.87. The van der Waals surface area contributed by atoms with Gasteiger partial charge >= 0.3 is 6.61 Å². The van der Waals surface area contributed by atoms with Crippen LogP contribution in [0.2, 0.25) is 0 Å². The van der Waals surface area contributed by atoms with E-state index in [1.54, 1.807) is 18.2 Å². The maximum atomic E-state index is 12.2. The molecule has 110 valence electrons. The molecule has 9 heteroatoms. The van der Waals surface area contributed by atoms with Crippen molar-refractivity contribution in [2.75, 3.05) is 5.43 Å². The van der Waals surface area contributed by atoms with Crippen LogP contribution in [0.3, 0.4) is 0 Å². The van der Waals surface area contributed by atoms with Crippen molar-refractivity contribution in [3.05, 3.63) is 45.9 Å². The van der Waals surface area contributed by atoms with Crippen LogP contribution >= 0.6 is 0 Å². The Bertz CT molecular complexity index is 702. The van der Waals surface area contributed by atoms with Gasteiger partial charge < -0.3 is 4.74 Å². The molecule has 2 rings (SSSR count). The van der Waals surface area contributed by atoms with Crippen LogP contribution in [0.5, 0.6) is 5.75 Å². The van der Waals surface area contributed by atoms with E-state index in [9.17, 15) is 13.6 Å². The molecule has 0 unspecified atom stereocenters. The number of para-hydroxylation sites is 1. The zero-order valence-electron chi connectivity index (χ0n) is 10.9. The molecule has 21 heavy (non-hydrogen) atoms. The first kappa shape index (κ1) is 14.6. The largest absolute Gasteiger partial charge is 0.434 e. The van der Waals surface area contributed by atoms with Crippen LogP contribution in [0.4, 0.5) is 14.7 Å². The average molecular weight is 295 g/mol. The number of hydrogen-bond donors (Lipinski definition) is 2. The average Bonchev–Trinajstić information content (AvgIpc) is 2.44. The third-order valence-corrected chi connectivity index (χ3v) is 2.37. The molecule has 0 saturated carbocycles. The lowest BCUT2D eigenvalue weighted by molar-refractivity contribution is -0.0499. The van der Waals surface area contributed by atoms with Crippen molar-refractivity contribution in [2.24, 2.45) is 5.10 Å². The molecule has 1 aromatic heterocycles. The maximum Gasteiger partial charge on any atom is 0.387 e. The van der Waals surface area contributed by atoms with Gasteiger partial charge in [0, 0.05) is 5.56 Å². The summed E-state index contributed by atoms with van der Waals surface area (Å²) in [5.74, 6) is 0.0237. The Hall–Kier alpha value is -2.84. The van der Waals surface area contributed by atoms with Crippen molar-refractivity contribution >= 4 is 12.2 Å². The van der Waals surface area contributed by atoms with Crippen molar-refractivity contribution < 1.29 is 13.5 Å². The third kappa shape index (κ3) is 4.06. The van der Waals surface area contributed by atoms with Crippen molar-refractivity contribution in [1.82, 2.24) is 15.2 Å². The molecular formula is C12H11F2N5O2. The molecule has 1 heterocycles. The number of aryl methyl sites for hydroxylation is 1. The zero-order chi connectivity index (χ0) is 15.2. The molecule has 0 aliphatic rings. The predicted molar refractivity (Wildman–Crippen MR) is 71.7 cm³/mol. The summed E-state index contributed by atoms with van der Waals surface area (Å²) in [5, 5.41) is 11.0. The summed E-state index contributed by atoms with van der Waals surface area (Å²) in [6.45, 7) is -1.41. The fourth-order valence-electron chi connectivity index (χ4n) is 1.40. The fourth-order valence-corrected chi connectivity index (χ4v) is 1.40. The zero-order valence-corrected chi connectivity index (χ0v) is 10.9. The van der Waals surface area contributed by atoms with E-state index in [0.717, 1.165) is 0 Å². The Kier molecular flexibility index (Phi) is 4.54. The molecule has 2 aromatic rings. The molecular weight excluding hydrogens is 284 g/mol.